The number of nitrogens with one attached hydrogen (secondary N) is 1. The molecule has 1 N–H and O–H groups in total. The van der Waals surface area contributed by atoms with Crippen molar-refractivity contribution in [3.8, 4) is 5.88 Å². The summed E-state index contributed by atoms with van der Waals surface area (Å²) in [5.41, 5.74) is 0. The summed E-state index contributed by atoms with van der Waals surface area (Å²) >= 11 is 3.55. The van der Waals surface area contributed by atoms with Crippen LogP contribution >= 0.6 is 22.7 Å². The van der Waals surface area contributed by atoms with Gasteiger partial charge in [-0.05, 0) is 32.4 Å². The Morgan fingerprint density at radius 1 is 1.33 bits per heavy atom. The molecule has 0 radical (unpaired) electrons. The molecular formula is C15H23N3OS2. The van der Waals surface area contributed by atoms with Crippen molar-refractivity contribution in [1.29, 1.82) is 0 Å². The summed E-state index contributed by atoms with van der Waals surface area (Å²) in [6.07, 6.45) is 1.06. The van der Waals surface area contributed by atoms with E-state index in [1.165, 1.54) is 9.75 Å². The van der Waals surface area contributed by atoms with Gasteiger partial charge in [0.15, 0.2) is 5.13 Å². The van der Waals surface area contributed by atoms with E-state index in [-0.39, 0.29) is 0 Å². The maximum atomic E-state index is 5.36. The van der Waals surface area contributed by atoms with Crippen LogP contribution in [0, 0.1) is 6.92 Å². The summed E-state index contributed by atoms with van der Waals surface area (Å²) < 4.78 is 5.36. The van der Waals surface area contributed by atoms with Crippen LogP contribution < -0.4 is 15.0 Å². The van der Waals surface area contributed by atoms with Crippen molar-refractivity contribution in [3.05, 3.63) is 26.8 Å². The zero-order valence-electron chi connectivity index (χ0n) is 13.3. The second kappa shape index (κ2) is 7.24. The molecule has 2 heterocycles. The van der Waals surface area contributed by atoms with Gasteiger partial charge in [-0.3, -0.25) is 0 Å². The highest BCUT2D eigenvalue weighted by Gasteiger charge is 2.14. The minimum absolute atomic E-state index is 0.428. The topological polar surface area (TPSA) is 37.4 Å². The summed E-state index contributed by atoms with van der Waals surface area (Å²) in [7, 11) is 5.67. The first-order chi connectivity index (χ1) is 9.99. The van der Waals surface area contributed by atoms with Gasteiger partial charge < -0.3 is 15.0 Å². The first kappa shape index (κ1) is 16.3. The first-order valence-electron chi connectivity index (χ1n) is 6.99. The van der Waals surface area contributed by atoms with Gasteiger partial charge >= 0.3 is 0 Å². The molecule has 0 fully saturated rings. The van der Waals surface area contributed by atoms with E-state index >= 15 is 0 Å². The van der Waals surface area contributed by atoms with Gasteiger partial charge in [0.25, 0.3) is 0 Å². The van der Waals surface area contributed by atoms with Crippen LogP contribution in [0.25, 0.3) is 0 Å². The van der Waals surface area contributed by atoms with E-state index in [1.807, 2.05) is 30.3 Å². The fraction of sp³-hybridized carbons (Fsp3) is 0.533. The van der Waals surface area contributed by atoms with Crippen LogP contribution in [0.15, 0.2) is 12.1 Å². The molecule has 2 aromatic rings. The first-order valence-corrected chi connectivity index (χ1v) is 8.62. The van der Waals surface area contributed by atoms with E-state index < -0.39 is 0 Å². The maximum Gasteiger partial charge on any atom is 0.230 e. The smallest absolute Gasteiger partial charge is 0.230 e. The van der Waals surface area contributed by atoms with Crippen molar-refractivity contribution in [1.82, 2.24) is 10.3 Å². The lowest BCUT2D eigenvalue weighted by Crippen LogP contribution is -2.27. The van der Waals surface area contributed by atoms with E-state index in [1.54, 1.807) is 18.4 Å². The van der Waals surface area contributed by atoms with E-state index in [4.69, 9.17) is 4.74 Å². The fourth-order valence-corrected chi connectivity index (χ4v) is 3.95. The number of rotatable bonds is 7. The Hall–Kier alpha value is -1.11. The summed E-state index contributed by atoms with van der Waals surface area (Å²) in [5, 5.41) is 4.54. The molecule has 1 unspecified atom stereocenters. The highest BCUT2D eigenvalue weighted by Crippen LogP contribution is 2.30. The fourth-order valence-electron chi connectivity index (χ4n) is 2.02. The highest BCUT2D eigenvalue weighted by atomic mass is 32.1. The van der Waals surface area contributed by atoms with Gasteiger partial charge in [0.05, 0.1) is 12.0 Å². The van der Waals surface area contributed by atoms with Gasteiger partial charge in [-0.1, -0.05) is 11.3 Å². The number of nitrogens with zero attached hydrogens (tertiary/aromatic N) is 2. The monoisotopic (exact) mass is 325 g/mol. The van der Waals surface area contributed by atoms with Crippen LogP contribution in [0.1, 0.15) is 21.6 Å². The Labute approximate surface area is 134 Å². The molecule has 0 aliphatic rings. The van der Waals surface area contributed by atoms with Crippen LogP contribution in [0.5, 0.6) is 5.88 Å². The van der Waals surface area contributed by atoms with E-state index in [2.05, 4.69) is 36.3 Å². The lowest BCUT2D eigenvalue weighted by Gasteiger charge is -2.12. The van der Waals surface area contributed by atoms with Gasteiger partial charge in [-0.25, -0.2) is 0 Å². The number of ether oxygens (including phenoxy) is 1. The number of hydrogen-bond acceptors (Lipinski definition) is 6. The van der Waals surface area contributed by atoms with E-state index in [0.717, 1.165) is 28.9 Å². The SMILES string of the molecule is COc1nc(N(C)C)sc1CNC(C)Cc1ccc(C)s1. The number of aromatic nitrogens is 1. The second-order valence-electron chi connectivity index (χ2n) is 5.32. The quantitative estimate of drug-likeness (QED) is 0.847. The highest BCUT2D eigenvalue weighted by molar-refractivity contribution is 7.15. The van der Waals surface area contributed by atoms with Gasteiger partial charge in [-0.2, -0.15) is 4.98 Å². The standard InChI is InChI=1S/C15H23N3OS2/c1-10(8-12-7-6-11(2)20-12)16-9-13-14(19-5)17-15(21-13)18(3)4/h6-7,10,16H,8-9H2,1-5H3. The molecule has 0 aliphatic carbocycles. The van der Waals surface area contributed by atoms with Crippen molar-refractivity contribution < 1.29 is 4.74 Å². The van der Waals surface area contributed by atoms with Crippen molar-refractivity contribution in [2.24, 2.45) is 0 Å². The Bertz CT molecular complexity index is 577. The third-order valence-corrected chi connectivity index (χ3v) is 5.37. The molecule has 0 amide bonds. The largest absolute Gasteiger partial charge is 0.480 e. The molecule has 2 rings (SSSR count). The zero-order valence-corrected chi connectivity index (χ0v) is 14.9. The summed E-state index contributed by atoms with van der Waals surface area (Å²) in [6, 6.07) is 4.83. The minimum atomic E-state index is 0.428. The average Bonchev–Trinajstić information content (AvgIpc) is 3.02. The van der Waals surface area contributed by atoms with Gasteiger partial charge in [0, 0.05) is 36.4 Å². The molecular weight excluding hydrogens is 302 g/mol. The third kappa shape index (κ3) is 4.43. The van der Waals surface area contributed by atoms with Crippen LogP contribution in [0.3, 0.4) is 0 Å². The lowest BCUT2D eigenvalue weighted by atomic mass is 10.2. The van der Waals surface area contributed by atoms with Gasteiger partial charge in [-0.15, -0.1) is 11.3 Å². The molecule has 116 valence electrons. The molecule has 0 saturated heterocycles. The summed E-state index contributed by atoms with van der Waals surface area (Å²) in [4.78, 5) is 10.4. The third-order valence-electron chi connectivity index (χ3n) is 3.14. The number of thiazole rings is 1. The Morgan fingerprint density at radius 3 is 2.67 bits per heavy atom. The molecule has 0 aliphatic heterocycles. The molecule has 21 heavy (non-hydrogen) atoms. The molecule has 6 heteroatoms. The van der Waals surface area contributed by atoms with E-state index in [0.29, 0.717) is 6.04 Å². The van der Waals surface area contributed by atoms with Crippen LogP contribution in [0.2, 0.25) is 0 Å². The van der Waals surface area contributed by atoms with Gasteiger partial charge in [0.1, 0.15) is 0 Å². The van der Waals surface area contributed by atoms with Crippen molar-refractivity contribution in [2.75, 3.05) is 26.1 Å². The predicted molar refractivity (Wildman–Crippen MR) is 92.1 cm³/mol. The average molecular weight is 326 g/mol. The van der Waals surface area contributed by atoms with Crippen molar-refractivity contribution >= 4 is 27.8 Å². The second-order valence-corrected chi connectivity index (χ2v) is 7.76. The number of thiophene rings is 1. The van der Waals surface area contributed by atoms with E-state index in [9.17, 15) is 0 Å². The normalized spacial score (nSPS) is 12.4. The van der Waals surface area contributed by atoms with Crippen molar-refractivity contribution in [3.63, 3.8) is 0 Å². The van der Waals surface area contributed by atoms with Crippen molar-refractivity contribution in [2.45, 2.75) is 32.9 Å². The molecule has 0 saturated carbocycles. The Balaban J connectivity index is 1.92. The Kier molecular flexibility index (Phi) is 5.61. The zero-order chi connectivity index (χ0) is 15.4. The number of anilines is 1. The minimum Gasteiger partial charge on any atom is -0.480 e. The van der Waals surface area contributed by atoms with Crippen LogP contribution in [-0.2, 0) is 13.0 Å². The maximum absolute atomic E-state index is 5.36. The Morgan fingerprint density at radius 2 is 2.10 bits per heavy atom. The number of methoxy groups -OCH3 is 1. The molecule has 0 aromatic carbocycles. The summed E-state index contributed by atoms with van der Waals surface area (Å²) in [6.45, 7) is 5.16. The van der Waals surface area contributed by atoms with Gasteiger partial charge in [0.2, 0.25) is 5.88 Å². The number of aryl methyl sites for hydroxylation is 1. The molecule has 1 atom stereocenters. The molecule has 0 spiro atoms. The molecule has 4 nitrogen and oxygen atoms in total. The van der Waals surface area contributed by atoms with Crippen LogP contribution in [-0.4, -0.2) is 32.2 Å². The molecule has 2 aromatic heterocycles. The number of hydrogen-bond donors (Lipinski definition) is 1. The predicted octanol–water partition coefficient (Wildman–Crippen LogP) is 3.31. The van der Waals surface area contributed by atoms with Crippen LogP contribution in [0.4, 0.5) is 5.13 Å². The molecule has 0 bridgehead atoms. The summed E-state index contributed by atoms with van der Waals surface area (Å²) in [5.74, 6) is 0.732. The lowest BCUT2D eigenvalue weighted by molar-refractivity contribution is 0.393.